The largest absolute Gasteiger partial charge is 0.481 e. The van der Waals surface area contributed by atoms with E-state index in [-0.39, 0.29) is 25.7 Å². The van der Waals surface area contributed by atoms with Crippen LogP contribution in [0, 0.1) is 0 Å². The third kappa shape index (κ3) is 52.2. The Morgan fingerprint density at radius 1 is 0.241 bits per heavy atom. The molecule has 1 saturated carbocycles. The molecule has 4 unspecified atom stereocenters. The minimum atomic E-state index is -5.99. The number of hydrogen-bond donors (Lipinski definition) is 0. The number of carbonyl (C=O) groups is 11. The standard InChI is InChI=1S/C70H122O38P4/c1-12-16-18-20-22-24-26-28-30-32-34-36-38-42-61(78)86-44-60(102-64(81)43-39-37-35-33-31-29-27-25-23-21-19-17-13-2)45-94-109(82,95-46-87-53(5)71)105-67-65(103-62(79)40-14-3)68(106-110(83,96-47-88-54(6)72)97-48-89-55(7)73)70(108-112(85,100-51-92-58(10)76)101-52-93-59(11)77)69(66(67)104-63(80)41-15-4)107-111(84,98-49-90-56(8)74)99-50-91-57(9)75/h60,65-70H,12-52H2,1-11H3/t60?,65-,66-,67?,68-,69+,70?,109?/m0/s1. The molecule has 0 aromatic rings. The Morgan fingerprint density at radius 3 is 0.714 bits per heavy atom. The first-order valence-corrected chi connectivity index (χ1v) is 44.1. The first-order valence-electron chi connectivity index (χ1n) is 38.2. The summed E-state index contributed by atoms with van der Waals surface area (Å²) in [5, 5.41) is 0. The molecule has 0 radical (unpaired) electrons. The third-order valence-electron chi connectivity index (χ3n) is 15.8. The lowest BCUT2D eigenvalue weighted by Crippen LogP contribution is -2.67. The van der Waals surface area contributed by atoms with E-state index in [1.54, 1.807) is 0 Å². The molecule has 1 aliphatic rings. The van der Waals surface area contributed by atoms with Crippen molar-refractivity contribution in [2.24, 2.45) is 0 Å². The van der Waals surface area contributed by atoms with Crippen LogP contribution in [-0.4, -0.2) is 169 Å². The lowest BCUT2D eigenvalue weighted by atomic mass is 9.84. The second-order valence-corrected chi connectivity index (χ2v) is 32.2. The third-order valence-corrected chi connectivity index (χ3v) is 21.2. The van der Waals surface area contributed by atoms with Crippen molar-refractivity contribution < 1.29 is 177 Å². The highest BCUT2D eigenvalue weighted by atomic mass is 31.2. The van der Waals surface area contributed by atoms with Gasteiger partial charge in [-0.05, 0) is 25.7 Å². The van der Waals surface area contributed by atoms with Crippen molar-refractivity contribution in [3.05, 3.63) is 0 Å². The summed E-state index contributed by atoms with van der Waals surface area (Å²) in [7, 11) is -23.8. The Labute approximate surface area is 657 Å². The molecular formula is C70H122O38P4. The van der Waals surface area contributed by atoms with Gasteiger partial charge in [0, 0.05) is 74.1 Å². The molecule has 0 saturated heterocycles. The van der Waals surface area contributed by atoms with Gasteiger partial charge in [-0.2, -0.15) is 0 Å². The van der Waals surface area contributed by atoms with Crippen molar-refractivity contribution in [3.8, 4) is 0 Å². The number of phosphoric acid groups is 4. The molecule has 42 heteroatoms. The monoisotopic (exact) mass is 1690 g/mol. The smallest absolute Gasteiger partial charge is 0.462 e. The van der Waals surface area contributed by atoms with Crippen LogP contribution >= 0.6 is 31.3 Å². The van der Waals surface area contributed by atoms with Gasteiger partial charge < -0.3 is 52.1 Å². The van der Waals surface area contributed by atoms with Crippen molar-refractivity contribution in [2.75, 3.05) is 60.8 Å². The van der Waals surface area contributed by atoms with E-state index in [2.05, 4.69) is 13.8 Å². The summed E-state index contributed by atoms with van der Waals surface area (Å²) in [6.45, 7) is 1.36. The number of ether oxygens (including phenoxy) is 11. The molecule has 0 heterocycles. The maximum Gasteiger partial charge on any atom is 0.481 e. The molecule has 650 valence electrons. The summed E-state index contributed by atoms with van der Waals surface area (Å²) in [6, 6.07) is 0. The number of phosphoric ester groups is 4. The van der Waals surface area contributed by atoms with Gasteiger partial charge in [0.25, 0.3) is 0 Å². The van der Waals surface area contributed by atoms with Gasteiger partial charge in [0.05, 0.1) is 6.61 Å². The number of hydrogen-bond acceptors (Lipinski definition) is 38. The van der Waals surface area contributed by atoms with Crippen molar-refractivity contribution >= 4 is 97.0 Å². The zero-order valence-corrected chi connectivity index (χ0v) is 70.4. The van der Waals surface area contributed by atoms with E-state index < -0.39 is 213 Å². The fraction of sp³-hybridized carbons (Fsp3) is 0.843. The molecule has 0 N–H and O–H groups in total. The summed E-state index contributed by atoms with van der Waals surface area (Å²) in [5.41, 5.74) is 0. The quantitative estimate of drug-likeness (QED) is 0.0179. The molecule has 0 aromatic carbocycles. The molecule has 0 amide bonds. The number of rotatable bonds is 69. The van der Waals surface area contributed by atoms with E-state index >= 15 is 18.3 Å². The zero-order valence-electron chi connectivity index (χ0n) is 66.8. The van der Waals surface area contributed by atoms with Gasteiger partial charge in [0.1, 0.15) is 31.0 Å². The Balaban J connectivity index is 4.63. The van der Waals surface area contributed by atoms with Gasteiger partial charge in [-0.25, -0.2) is 49.9 Å². The van der Waals surface area contributed by atoms with Crippen LogP contribution in [0.2, 0.25) is 0 Å². The van der Waals surface area contributed by atoms with Crippen LogP contribution in [0.3, 0.4) is 0 Å². The Bertz CT molecular complexity index is 2790. The summed E-state index contributed by atoms with van der Waals surface area (Å²) in [6.07, 6.45) is 5.36. The van der Waals surface area contributed by atoms with E-state index in [4.69, 9.17) is 106 Å². The van der Waals surface area contributed by atoms with E-state index in [1.807, 2.05) is 0 Å². The van der Waals surface area contributed by atoms with Gasteiger partial charge in [-0.1, -0.05) is 182 Å². The first kappa shape index (κ1) is 105. The summed E-state index contributed by atoms with van der Waals surface area (Å²) < 4.78 is 187. The fourth-order valence-corrected chi connectivity index (χ4v) is 14.8. The predicted molar refractivity (Wildman–Crippen MR) is 391 cm³/mol. The molecule has 1 fully saturated rings. The highest BCUT2D eigenvalue weighted by Gasteiger charge is 2.64. The minimum absolute atomic E-state index is 0.0837. The van der Waals surface area contributed by atoms with E-state index in [1.165, 1.54) is 84.5 Å². The lowest BCUT2D eigenvalue weighted by Gasteiger charge is -2.49. The van der Waals surface area contributed by atoms with Crippen LogP contribution in [-0.2, 0) is 177 Å². The van der Waals surface area contributed by atoms with Crippen LogP contribution in [0.1, 0.15) is 282 Å². The van der Waals surface area contributed by atoms with E-state index in [0.29, 0.717) is 25.7 Å². The van der Waals surface area contributed by atoms with Gasteiger partial charge in [0.15, 0.2) is 18.3 Å². The Hall–Kier alpha value is -5.39. The van der Waals surface area contributed by atoms with Crippen LogP contribution < -0.4 is 0 Å². The van der Waals surface area contributed by atoms with Crippen LogP contribution in [0.15, 0.2) is 0 Å². The molecule has 112 heavy (non-hydrogen) atoms. The minimum Gasteiger partial charge on any atom is -0.462 e. The number of carbonyl (C=O) groups excluding carboxylic acids is 11. The normalized spacial score (nSPS) is 17.2. The molecule has 0 bridgehead atoms. The second-order valence-electron chi connectivity index (χ2n) is 25.7. The molecule has 8 atom stereocenters. The van der Waals surface area contributed by atoms with Crippen molar-refractivity contribution in [3.63, 3.8) is 0 Å². The topological polar surface area (TPSA) is 468 Å². The Morgan fingerprint density at radius 2 is 0.464 bits per heavy atom. The van der Waals surface area contributed by atoms with Crippen molar-refractivity contribution in [2.45, 2.75) is 324 Å². The summed E-state index contributed by atoms with van der Waals surface area (Å²) >= 11 is 0. The zero-order chi connectivity index (χ0) is 83.6. The maximum atomic E-state index is 16.1. The average Bonchev–Trinajstić information content (AvgIpc) is 0.740. The van der Waals surface area contributed by atoms with Crippen molar-refractivity contribution in [1.82, 2.24) is 0 Å². The second kappa shape index (κ2) is 61.9. The van der Waals surface area contributed by atoms with Crippen LogP contribution in [0.25, 0.3) is 0 Å². The molecule has 0 aromatic heterocycles. The number of unbranched alkanes of at least 4 members (excludes halogenated alkanes) is 24. The molecule has 1 rings (SSSR count). The SMILES string of the molecule is CCCCCCCCCCCCCCCC(=O)OCC(COP(=O)(OCOC(C)=O)OC1[C@H](OC(=O)CCC)[C@H](OP(=O)(OCOC(C)=O)OCOC(C)=O)C(OP(=O)(OCOC(C)=O)OCOC(C)=O)[C@H](OP(=O)(OCOC(C)=O)OCOC(C)=O)[C@H]1OC(=O)CCC)OC(=O)CCCCCCCCCCCCCCC. The maximum absolute atomic E-state index is 16.1. The highest BCUT2D eigenvalue weighted by Crippen LogP contribution is 2.62. The fourth-order valence-electron chi connectivity index (χ4n) is 10.3. The molecule has 0 aliphatic heterocycles. The van der Waals surface area contributed by atoms with Gasteiger partial charge in [-0.15, -0.1) is 0 Å². The summed E-state index contributed by atoms with van der Waals surface area (Å²) in [5.74, 6) is -12.2. The van der Waals surface area contributed by atoms with Gasteiger partial charge >= 0.3 is 97.0 Å². The molecule has 1 aliphatic carbocycles. The first-order chi connectivity index (χ1) is 53.3. The number of esters is 11. The average molecular weight is 1700 g/mol. The van der Waals surface area contributed by atoms with Gasteiger partial charge in [-0.3, -0.25) is 75.4 Å². The highest BCUT2D eigenvalue weighted by molar-refractivity contribution is 7.49. The van der Waals surface area contributed by atoms with E-state index in [0.717, 1.165) is 119 Å². The molecular weight excluding hydrogens is 1570 g/mol. The van der Waals surface area contributed by atoms with E-state index in [9.17, 15) is 52.7 Å². The summed E-state index contributed by atoms with van der Waals surface area (Å²) in [4.78, 5) is 142. The predicted octanol–water partition coefficient (Wildman–Crippen LogP) is 14.6. The molecule has 0 spiro atoms. The Kier molecular flexibility index (Phi) is 57.8. The van der Waals surface area contributed by atoms with Crippen LogP contribution in [0.4, 0.5) is 0 Å². The van der Waals surface area contributed by atoms with Gasteiger partial charge in [0.2, 0.25) is 47.6 Å². The lowest BCUT2D eigenvalue weighted by molar-refractivity contribution is -0.236. The van der Waals surface area contributed by atoms with Crippen LogP contribution in [0.5, 0.6) is 0 Å². The van der Waals surface area contributed by atoms with Crippen molar-refractivity contribution in [1.29, 1.82) is 0 Å². The molecule has 38 nitrogen and oxygen atoms in total.